The van der Waals surface area contributed by atoms with Crippen LogP contribution in [-0.2, 0) is 4.79 Å². The molecule has 1 aromatic rings. The fourth-order valence-electron chi connectivity index (χ4n) is 2.54. The smallest absolute Gasteiger partial charge is 0.338 e. The van der Waals surface area contributed by atoms with Crippen LogP contribution in [0.15, 0.2) is 18.2 Å². The molecule has 0 saturated carbocycles. The zero-order chi connectivity index (χ0) is 16.7. The van der Waals surface area contributed by atoms with Crippen LogP contribution in [0.25, 0.3) is 0 Å². The Morgan fingerprint density at radius 2 is 2.14 bits per heavy atom. The van der Waals surface area contributed by atoms with Gasteiger partial charge in [-0.2, -0.15) is 0 Å². The molecular formula is C16H24ClFN2O2. The van der Waals surface area contributed by atoms with E-state index < -0.39 is 18.1 Å². The highest BCUT2D eigenvalue weighted by atomic mass is 35.5. The molecule has 0 aliphatic heterocycles. The van der Waals surface area contributed by atoms with Crippen LogP contribution >= 0.6 is 11.6 Å². The quantitative estimate of drug-likeness (QED) is 0.683. The molecule has 1 rings (SSSR count). The highest BCUT2D eigenvalue weighted by molar-refractivity contribution is 6.18. The first-order chi connectivity index (χ1) is 10.5. The summed E-state index contributed by atoms with van der Waals surface area (Å²) < 4.78 is 14.0. The van der Waals surface area contributed by atoms with E-state index in [9.17, 15) is 9.18 Å². The lowest BCUT2D eigenvalue weighted by Gasteiger charge is -2.26. The number of aliphatic carboxylic acids is 1. The molecule has 0 spiro atoms. The number of anilines is 1. The van der Waals surface area contributed by atoms with Crippen molar-refractivity contribution in [1.82, 2.24) is 0 Å². The summed E-state index contributed by atoms with van der Waals surface area (Å²) in [5, 5.41) is 8.92. The average Bonchev–Trinajstić information content (AvgIpc) is 2.49. The van der Waals surface area contributed by atoms with Gasteiger partial charge in [0.2, 0.25) is 6.17 Å². The van der Waals surface area contributed by atoms with Crippen LogP contribution in [0.1, 0.15) is 30.4 Å². The van der Waals surface area contributed by atoms with Gasteiger partial charge in [-0.1, -0.05) is 13.0 Å². The lowest BCUT2D eigenvalue weighted by atomic mass is 9.90. The van der Waals surface area contributed by atoms with E-state index in [2.05, 4.69) is 11.8 Å². The van der Waals surface area contributed by atoms with Crippen LogP contribution in [0.2, 0.25) is 0 Å². The van der Waals surface area contributed by atoms with Crippen molar-refractivity contribution in [3.8, 4) is 0 Å². The minimum atomic E-state index is -2.01. The standard InChI is InChI=1S/C16H24ClFN2O2/c1-3-7-20(8-6-17)12-5-4-11(2)13(9-12)14(10-19)15(18)16(21)22/h4-5,9,14-15H,3,6-8,10,19H2,1-2H3,(H,21,22). The van der Waals surface area contributed by atoms with Crippen molar-refractivity contribution in [2.24, 2.45) is 5.73 Å². The highest BCUT2D eigenvalue weighted by Gasteiger charge is 2.29. The third-order valence-electron chi connectivity index (χ3n) is 3.72. The third kappa shape index (κ3) is 4.58. The van der Waals surface area contributed by atoms with Crippen molar-refractivity contribution in [3.63, 3.8) is 0 Å². The molecule has 0 heterocycles. The molecule has 0 aliphatic carbocycles. The number of nitrogens with two attached hydrogens (primary N) is 1. The van der Waals surface area contributed by atoms with Gasteiger partial charge in [-0.3, -0.25) is 0 Å². The molecule has 6 heteroatoms. The zero-order valence-corrected chi connectivity index (χ0v) is 13.8. The molecule has 0 bridgehead atoms. The molecule has 22 heavy (non-hydrogen) atoms. The van der Waals surface area contributed by atoms with Gasteiger partial charge in [-0.15, -0.1) is 11.6 Å². The Balaban J connectivity index is 3.18. The summed E-state index contributed by atoms with van der Waals surface area (Å²) in [6, 6.07) is 5.66. The number of carbonyl (C=O) groups is 1. The predicted molar refractivity (Wildman–Crippen MR) is 88.7 cm³/mol. The Bertz CT molecular complexity index is 493. The van der Waals surface area contributed by atoms with Gasteiger partial charge in [0.15, 0.2) is 0 Å². The van der Waals surface area contributed by atoms with E-state index in [1.54, 1.807) is 0 Å². The summed E-state index contributed by atoms with van der Waals surface area (Å²) in [5.41, 5.74) is 8.02. The van der Waals surface area contributed by atoms with Crippen molar-refractivity contribution in [3.05, 3.63) is 29.3 Å². The van der Waals surface area contributed by atoms with Crippen LogP contribution in [0.3, 0.4) is 0 Å². The second-order valence-electron chi connectivity index (χ2n) is 5.30. The Kier molecular flexibility index (Phi) is 7.62. The molecule has 4 nitrogen and oxygen atoms in total. The number of carboxylic acids is 1. The monoisotopic (exact) mass is 330 g/mol. The van der Waals surface area contributed by atoms with E-state index in [4.69, 9.17) is 22.4 Å². The highest BCUT2D eigenvalue weighted by Crippen LogP contribution is 2.29. The summed E-state index contributed by atoms with van der Waals surface area (Å²) in [6.07, 6.45) is -1.05. The van der Waals surface area contributed by atoms with Crippen LogP contribution in [0.5, 0.6) is 0 Å². The number of aryl methyl sites for hydroxylation is 1. The molecule has 1 aromatic carbocycles. The van der Waals surface area contributed by atoms with Crippen LogP contribution < -0.4 is 10.6 Å². The SMILES string of the molecule is CCCN(CCCl)c1ccc(C)c(C(CN)C(F)C(=O)O)c1. The largest absolute Gasteiger partial charge is 0.479 e. The van der Waals surface area contributed by atoms with Crippen LogP contribution in [0, 0.1) is 6.92 Å². The van der Waals surface area contributed by atoms with Crippen LogP contribution in [-0.4, -0.2) is 42.8 Å². The number of hydrogen-bond acceptors (Lipinski definition) is 3. The van der Waals surface area contributed by atoms with Gasteiger partial charge in [-0.05, 0) is 36.6 Å². The van der Waals surface area contributed by atoms with Gasteiger partial charge >= 0.3 is 5.97 Å². The van der Waals surface area contributed by atoms with Crippen molar-refractivity contribution in [1.29, 1.82) is 0 Å². The lowest BCUT2D eigenvalue weighted by molar-refractivity contribution is -0.143. The summed E-state index contributed by atoms with van der Waals surface area (Å²) in [6.45, 7) is 5.37. The summed E-state index contributed by atoms with van der Waals surface area (Å²) in [7, 11) is 0. The Morgan fingerprint density at radius 3 is 2.64 bits per heavy atom. The number of nitrogens with zero attached hydrogens (tertiary/aromatic N) is 1. The third-order valence-corrected chi connectivity index (χ3v) is 3.89. The maximum atomic E-state index is 14.0. The molecule has 2 atom stereocenters. The fourth-order valence-corrected chi connectivity index (χ4v) is 2.75. The van der Waals surface area contributed by atoms with E-state index in [1.165, 1.54) is 0 Å². The topological polar surface area (TPSA) is 66.6 Å². The Labute approximate surface area is 136 Å². The number of rotatable bonds is 9. The van der Waals surface area contributed by atoms with E-state index in [0.717, 1.165) is 24.2 Å². The minimum absolute atomic E-state index is 0.0545. The van der Waals surface area contributed by atoms with Gasteiger partial charge in [0.25, 0.3) is 0 Å². The summed E-state index contributed by atoms with van der Waals surface area (Å²) in [4.78, 5) is 13.1. The molecule has 3 N–H and O–H groups in total. The minimum Gasteiger partial charge on any atom is -0.479 e. The maximum absolute atomic E-state index is 14.0. The Hall–Kier alpha value is -1.33. The number of alkyl halides is 2. The van der Waals surface area contributed by atoms with Gasteiger partial charge in [0.1, 0.15) is 0 Å². The summed E-state index contributed by atoms with van der Waals surface area (Å²) >= 11 is 5.84. The van der Waals surface area contributed by atoms with Gasteiger partial charge < -0.3 is 15.7 Å². The first-order valence-electron chi connectivity index (χ1n) is 7.44. The molecule has 0 radical (unpaired) electrons. The molecule has 0 aromatic heterocycles. The molecule has 0 saturated heterocycles. The van der Waals surface area contributed by atoms with Crippen molar-refractivity contribution >= 4 is 23.3 Å². The lowest BCUT2D eigenvalue weighted by Crippen LogP contribution is -2.30. The average molecular weight is 331 g/mol. The van der Waals surface area contributed by atoms with Gasteiger partial charge in [-0.25, -0.2) is 9.18 Å². The number of carboxylic acid groups (broad SMARTS) is 1. The summed E-state index contributed by atoms with van der Waals surface area (Å²) in [5.74, 6) is -1.84. The van der Waals surface area contributed by atoms with Crippen molar-refractivity contribution in [2.75, 3.05) is 30.4 Å². The van der Waals surface area contributed by atoms with Crippen molar-refractivity contribution < 1.29 is 14.3 Å². The fraction of sp³-hybridized carbons (Fsp3) is 0.562. The molecule has 0 aliphatic rings. The molecular weight excluding hydrogens is 307 g/mol. The molecule has 2 unspecified atom stereocenters. The first-order valence-corrected chi connectivity index (χ1v) is 7.98. The molecule has 0 amide bonds. The van der Waals surface area contributed by atoms with Crippen LogP contribution in [0.4, 0.5) is 10.1 Å². The predicted octanol–water partition coefficient (Wildman–Crippen LogP) is 2.92. The van der Waals surface area contributed by atoms with Crippen molar-refractivity contribution in [2.45, 2.75) is 32.4 Å². The number of hydrogen-bond donors (Lipinski definition) is 2. The maximum Gasteiger partial charge on any atom is 0.338 e. The van der Waals surface area contributed by atoms with E-state index in [-0.39, 0.29) is 6.54 Å². The van der Waals surface area contributed by atoms with Gasteiger partial charge in [0.05, 0.1) is 0 Å². The molecule has 0 fully saturated rings. The Morgan fingerprint density at radius 1 is 1.45 bits per heavy atom. The molecule has 124 valence electrons. The van der Waals surface area contributed by atoms with E-state index in [0.29, 0.717) is 18.0 Å². The zero-order valence-electron chi connectivity index (χ0n) is 13.1. The number of benzene rings is 1. The normalized spacial score (nSPS) is 13.7. The van der Waals surface area contributed by atoms with E-state index >= 15 is 0 Å². The second-order valence-corrected chi connectivity index (χ2v) is 5.68. The first kappa shape index (κ1) is 18.7. The second kappa shape index (κ2) is 8.96. The van der Waals surface area contributed by atoms with E-state index in [1.807, 2.05) is 25.1 Å². The number of halogens is 2. The van der Waals surface area contributed by atoms with Gasteiger partial charge in [0, 0.05) is 37.1 Å².